The van der Waals surface area contributed by atoms with Gasteiger partial charge >= 0.3 is 0 Å². The summed E-state index contributed by atoms with van der Waals surface area (Å²) in [5.74, 6) is 0.122. The molecule has 118 valence electrons. The van der Waals surface area contributed by atoms with Crippen molar-refractivity contribution in [3.63, 3.8) is 0 Å². The standard InChI is InChI=1S/C13H18ClNO4S2/c1-10(2)9-20(16,17)13-7-15(8-13)21(18,19)12-5-3-4-11(14)6-12/h3-6,10,13H,7-9H2,1-2H3. The van der Waals surface area contributed by atoms with Gasteiger partial charge in [0.2, 0.25) is 10.0 Å². The largest absolute Gasteiger partial charge is 0.243 e. The fourth-order valence-electron chi connectivity index (χ4n) is 2.20. The van der Waals surface area contributed by atoms with Gasteiger partial charge in [-0.2, -0.15) is 4.31 Å². The van der Waals surface area contributed by atoms with Crippen LogP contribution in [0.1, 0.15) is 13.8 Å². The van der Waals surface area contributed by atoms with Crippen molar-refractivity contribution in [3.8, 4) is 0 Å². The Hall–Kier alpha value is -0.630. The van der Waals surface area contributed by atoms with E-state index >= 15 is 0 Å². The van der Waals surface area contributed by atoms with Gasteiger partial charge in [-0.15, -0.1) is 0 Å². The Morgan fingerprint density at radius 2 is 1.86 bits per heavy atom. The lowest BCUT2D eigenvalue weighted by molar-refractivity contribution is 0.309. The third-order valence-corrected chi connectivity index (χ3v) is 7.83. The molecular formula is C13H18ClNO4S2. The summed E-state index contributed by atoms with van der Waals surface area (Å²) in [4.78, 5) is 0.0923. The lowest BCUT2D eigenvalue weighted by Gasteiger charge is -2.37. The van der Waals surface area contributed by atoms with E-state index < -0.39 is 25.1 Å². The average molecular weight is 352 g/mol. The molecule has 0 saturated carbocycles. The molecule has 0 bridgehead atoms. The van der Waals surface area contributed by atoms with E-state index in [2.05, 4.69) is 0 Å². The van der Waals surface area contributed by atoms with Crippen molar-refractivity contribution in [2.45, 2.75) is 24.0 Å². The van der Waals surface area contributed by atoms with Crippen molar-refractivity contribution in [1.82, 2.24) is 4.31 Å². The van der Waals surface area contributed by atoms with Gasteiger partial charge in [0.05, 0.1) is 15.9 Å². The highest BCUT2D eigenvalue weighted by Crippen LogP contribution is 2.27. The van der Waals surface area contributed by atoms with E-state index in [1.54, 1.807) is 12.1 Å². The maximum atomic E-state index is 12.3. The summed E-state index contributed by atoms with van der Waals surface area (Å²) in [6.45, 7) is 3.70. The number of hydrogen-bond donors (Lipinski definition) is 0. The molecule has 0 aromatic heterocycles. The number of rotatable bonds is 5. The van der Waals surface area contributed by atoms with Gasteiger partial charge in [-0.05, 0) is 24.1 Å². The monoisotopic (exact) mass is 351 g/mol. The predicted molar refractivity (Wildman–Crippen MR) is 82.6 cm³/mol. The summed E-state index contributed by atoms with van der Waals surface area (Å²) >= 11 is 5.80. The van der Waals surface area contributed by atoms with Gasteiger partial charge < -0.3 is 0 Å². The average Bonchev–Trinajstić information content (AvgIpc) is 2.23. The van der Waals surface area contributed by atoms with Crippen LogP contribution >= 0.6 is 11.6 Å². The first-order valence-corrected chi connectivity index (χ1v) is 10.1. The van der Waals surface area contributed by atoms with Crippen LogP contribution in [0.15, 0.2) is 29.2 Å². The first-order chi connectivity index (χ1) is 9.63. The smallest absolute Gasteiger partial charge is 0.228 e. The molecule has 1 heterocycles. The van der Waals surface area contributed by atoms with Gasteiger partial charge in [0, 0.05) is 18.1 Å². The zero-order valence-corrected chi connectivity index (χ0v) is 14.2. The van der Waals surface area contributed by atoms with Gasteiger partial charge in [-0.25, -0.2) is 16.8 Å². The first-order valence-electron chi connectivity index (χ1n) is 6.60. The van der Waals surface area contributed by atoms with E-state index in [1.807, 2.05) is 13.8 Å². The highest BCUT2D eigenvalue weighted by Gasteiger charge is 2.43. The second-order valence-electron chi connectivity index (χ2n) is 5.62. The SMILES string of the molecule is CC(C)CS(=O)(=O)C1CN(S(=O)(=O)c2cccc(Cl)c2)C1. The van der Waals surface area contributed by atoms with Crippen LogP contribution in [-0.2, 0) is 19.9 Å². The zero-order chi connectivity index (χ0) is 15.8. The van der Waals surface area contributed by atoms with Crippen molar-refractivity contribution < 1.29 is 16.8 Å². The molecule has 1 saturated heterocycles. The van der Waals surface area contributed by atoms with Crippen LogP contribution in [0, 0.1) is 5.92 Å². The summed E-state index contributed by atoms with van der Waals surface area (Å²) in [5, 5.41) is -0.269. The van der Waals surface area contributed by atoms with Gasteiger partial charge in [0.1, 0.15) is 0 Å². The second-order valence-corrected chi connectivity index (χ2v) is 10.3. The van der Waals surface area contributed by atoms with E-state index in [-0.39, 0.29) is 29.7 Å². The van der Waals surface area contributed by atoms with E-state index in [0.29, 0.717) is 5.02 Å². The molecule has 0 N–H and O–H groups in total. The first kappa shape index (κ1) is 16.7. The molecule has 21 heavy (non-hydrogen) atoms. The number of sulfone groups is 1. The molecule has 8 heteroatoms. The molecule has 1 aromatic rings. The normalized spacial score (nSPS) is 17.9. The van der Waals surface area contributed by atoms with Crippen LogP contribution in [-0.4, -0.2) is 45.2 Å². The summed E-state index contributed by atoms with van der Waals surface area (Å²) in [6, 6.07) is 5.97. The molecule has 1 fully saturated rings. The fourth-order valence-corrected chi connectivity index (χ4v) is 6.24. The van der Waals surface area contributed by atoms with E-state index in [4.69, 9.17) is 11.6 Å². The highest BCUT2D eigenvalue weighted by atomic mass is 35.5. The maximum Gasteiger partial charge on any atom is 0.243 e. The lowest BCUT2D eigenvalue weighted by Crippen LogP contribution is -2.57. The van der Waals surface area contributed by atoms with E-state index in [0.717, 1.165) is 0 Å². The molecule has 1 aromatic carbocycles. The summed E-state index contributed by atoms with van der Waals surface area (Å²) < 4.78 is 49.9. The molecule has 0 radical (unpaired) electrons. The van der Waals surface area contributed by atoms with E-state index in [1.165, 1.54) is 16.4 Å². The molecule has 0 atom stereocenters. The molecule has 1 aliphatic heterocycles. The third kappa shape index (κ3) is 3.59. The van der Waals surface area contributed by atoms with Crippen LogP contribution in [0.3, 0.4) is 0 Å². The molecule has 0 amide bonds. The Labute approximate surface area is 130 Å². The molecule has 1 aliphatic rings. The fraction of sp³-hybridized carbons (Fsp3) is 0.538. The molecule has 0 unspecified atom stereocenters. The minimum absolute atomic E-state index is 0.0178. The molecular weight excluding hydrogens is 334 g/mol. The Morgan fingerprint density at radius 1 is 1.24 bits per heavy atom. The predicted octanol–water partition coefficient (Wildman–Crippen LogP) is 1.78. The maximum absolute atomic E-state index is 12.3. The molecule has 0 aliphatic carbocycles. The minimum atomic E-state index is -3.66. The number of sulfonamides is 1. The number of benzene rings is 1. The molecule has 0 spiro atoms. The van der Waals surface area contributed by atoms with Gasteiger partial charge in [0.15, 0.2) is 9.84 Å². The number of hydrogen-bond acceptors (Lipinski definition) is 4. The number of halogens is 1. The minimum Gasteiger partial charge on any atom is -0.228 e. The van der Waals surface area contributed by atoms with Crippen LogP contribution < -0.4 is 0 Å². The quantitative estimate of drug-likeness (QED) is 0.810. The van der Waals surface area contributed by atoms with Crippen LogP contribution in [0.4, 0.5) is 0 Å². The third-order valence-electron chi connectivity index (χ3n) is 3.32. The summed E-state index contributed by atoms with van der Waals surface area (Å²) in [7, 11) is -6.90. The second kappa shape index (κ2) is 5.87. The van der Waals surface area contributed by atoms with Crippen molar-refractivity contribution in [3.05, 3.63) is 29.3 Å². The summed E-state index contributed by atoms with van der Waals surface area (Å²) in [6.07, 6.45) is 0. The summed E-state index contributed by atoms with van der Waals surface area (Å²) in [5.41, 5.74) is 0. The van der Waals surface area contributed by atoms with Gasteiger partial charge in [0.25, 0.3) is 0 Å². The highest BCUT2D eigenvalue weighted by molar-refractivity contribution is 7.92. The Morgan fingerprint density at radius 3 is 2.38 bits per heavy atom. The molecule has 2 rings (SSSR count). The van der Waals surface area contributed by atoms with Crippen molar-refractivity contribution in [2.75, 3.05) is 18.8 Å². The van der Waals surface area contributed by atoms with Crippen molar-refractivity contribution >= 4 is 31.5 Å². The Balaban J connectivity index is 2.11. The Kier molecular flexibility index (Phi) is 4.68. The Bertz CT molecular complexity index is 722. The van der Waals surface area contributed by atoms with Crippen molar-refractivity contribution in [2.24, 2.45) is 5.92 Å². The lowest BCUT2D eigenvalue weighted by atomic mass is 10.3. The van der Waals surface area contributed by atoms with Crippen LogP contribution in [0.5, 0.6) is 0 Å². The molecule has 5 nitrogen and oxygen atoms in total. The van der Waals surface area contributed by atoms with Crippen LogP contribution in [0.25, 0.3) is 0 Å². The number of nitrogens with zero attached hydrogens (tertiary/aromatic N) is 1. The van der Waals surface area contributed by atoms with E-state index in [9.17, 15) is 16.8 Å². The zero-order valence-electron chi connectivity index (χ0n) is 11.9. The van der Waals surface area contributed by atoms with Crippen molar-refractivity contribution in [1.29, 1.82) is 0 Å². The topological polar surface area (TPSA) is 71.5 Å². The van der Waals surface area contributed by atoms with Crippen LogP contribution in [0.2, 0.25) is 5.02 Å². The van der Waals surface area contributed by atoms with Gasteiger partial charge in [-0.1, -0.05) is 31.5 Å². The van der Waals surface area contributed by atoms with Gasteiger partial charge in [-0.3, -0.25) is 0 Å².